The Labute approximate surface area is 126 Å². The van der Waals surface area contributed by atoms with Gasteiger partial charge in [-0.3, -0.25) is 0 Å². The fraction of sp³-hybridized carbons (Fsp3) is 0.600. The van der Waals surface area contributed by atoms with Gasteiger partial charge >= 0.3 is 0 Å². The molecular formula is C15H22N2O3S. The lowest BCUT2D eigenvalue weighted by atomic mass is 10.1. The van der Waals surface area contributed by atoms with E-state index in [1.807, 2.05) is 20.0 Å². The first-order valence-corrected chi connectivity index (χ1v) is 8.96. The number of sulfonamides is 1. The van der Waals surface area contributed by atoms with Crippen LogP contribution in [0.2, 0.25) is 0 Å². The van der Waals surface area contributed by atoms with Crippen LogP contribution in [-0.4, -0.2) is 34.7 Å². The maximum Gasteiger partial charge on any atom is 0.241 e. The Bertz CT molecular complexity index is 637. The average molecular weight is 310 g/mol. The predicted molar refractivity (Wildman–Crippen MR) is 82.5 cm³/mol. The Morgan fingerprint density at radius 2 is 2.00 bits per heavy atom. The molecule has 1 heterocycles. The monoisotopic (exact) mass is 310 g/mol. The van der Waals surface area contributed by atoms with Crippen molar-refractivity contribution in [2.45, 2.75) is 43.5 Å². The summed E-state index contributed by atoms with van der Waals surface area (Å²) in [7, 11) is -1.48. The Balaban J connectivity index is 1.94. The summed E-state index contributed by atoms with van der Waals surface area (Å²) >= 11 is 0. The summed E-state index contributed by atoms with van der Waals surface area (Å²) in [5.41, 5.74) is 1.72. The molecule has 0 aromatic heterocycles. The molecule has 5 nitrogen and oxygen atoms in total. The van der Waals surface area contributed by atoms with Gasteiger partial charge in [-0.1, -0.05) is 12.8 Å². The predicted octanol–water partition coefficient (Wildman–Crippen LogP) is 2.04. The van der Waals surface area contributed by atoms with Gasteiger partial charge in [0.15, 0.2) is 0 Å². The lowest BCUT2D eigenvalue weighted by molar-refractivity contribution is 0.310. The van der Waals surface area contributed by atoms with Crippen molar-refractivity contribution in [1.29, 1.82) is 0 Å². The number of rotatable bonds is 3. The lowest BCUT2D eigenvalue weighted by Crippen LogP contribution is -2.33. The highest BCUT2D eigenvalue weighted by molar-refractivity contribution is 7.89. The number of aryl methyl sites for hydroxylation is 1. The highest BCUT2D eigenvalue weighted by Gasteiger charge is 2.26. The first-order valence-electron chi connectivity index (χ1n) is 7.48. The SMILES string of the molecule is Cc1cc2c(cc1S(=O)(=O)NC1CCCC1)OCCN2C. The maximum absolute atomic E-state index is 12.6. The van der Waals surface area contributed by atoms with Crippen LogP contribution >= 0.6 is 0 Å². The van der Waals surface area contributed by atoms with Gasteiger partial charge in [-0.15, -0.1) is 0 Å². The van der Waals surface area contributed by atoms with E-state index in [-0.39, 0.29) is 6.04 Å². The van der Waals surface area contributed by atoms with Gasteiger partial charge in [0.25, 0.3) is 0 Å². The van der Waals surface area contributed by atoms with Gasteiger partial charge in [0.05, 0.1) is 17.1 Å². The molecule has 0 radical (unpaired) electrons. The molecule has 0 bridgehead atoms. The van der Waals surface area contributed by atoms with Gasteiger partial charge in [-0.2, -0.15) is 0 Å². The summed E-state index contributed by atoms with van der Waals surface area (Å²) < 4.78 is 33.6. The molecule has 3 rings (SSSR count). The first-order chi connectivity index (χ1) is 9.97. The van der Waals surface area contributed by atoms with E-state index < -0.39 is 10.0 Å². The van der Waals surface area contributed by atoms with Crippen LogP contribution < -0.4 is 14.4 Å². The first kappa shape index (κ1) is 14.7. The quantitative estimate of drug-likeness (QED) is 0.928. The molecule has 2 aliphatic rings. The molecule has 1 aromatic rings. The van der Waals surface area contributed by atoms with Crippen molar-refractivity contribution in [3.05, 3.63) is 17.7 Å². The van der Waals surface area contributed by atoms with Crippen molar-refractivity contribution in [3.63, 3.8) is 0 Å². The zero-order valence-electron chi connectivity index (χ0n) is 12.6. The number of hydrogen-bond acceptors (Lipinski definition) is 4. The molecule has 21 heavy (non-hydrogen) atoms. The molecule has 0 amide bonds. The molecule has 1 N–H and O–H groups in total. The van der Waals surface area contributed by atoms with Gasteiger partial charge in [-0.25, -0.2) is 13.1 Å². The van der Waals surface area contributed by atoms with Crippen molar-refractivity contribution in [2.24, 2.45) is 0 Å². The highest BCUT2D eigenvalue weighted by Crippen LogP contribution is 2.35. The molecule has 1 aliphatic carbocycles. The summed E-state index contributed by atoms with van der Waals surface area (Å²) in [6.07, 6.45) is 4.07. The van der Waals surface area contributed by atoms with E-state index in [4.69, 9.17) is 4.74 Å². The minimum Gasteiger partial charge on any atom is -0.490 e. The number of likely N-dealkylation sites (N-methyl/N-ethyl adjacent to an activating group) is 1. The number of hydrogen-bond donors (Lipinski definition) is 1. The van der Waals surface area contributed by atoms with Crippen LogP contribution in [-0.2, 0) is 10.0 Å². The molecular weight excluding hydrogens is 288 g/mol. The molecule has 1 aliphatic heterocycles. The van der Waals surface area contributed by atoms with E-state index >= 15 is 0 Å². The van der Waals surface area contributed by atoms with E-state index in [0.717, 1.165) is 43.5 Å². The number of benzene rings is 1. The van der Waals surface area contributed by atoms with E-state index in [9.17, 15) is 8.42 Å². The fourth-order valence-electron chi connectivity index (χ4n) is 3.10. The average Bonchev–Trinajstić information content (AvgIpc) is 2.91. The standard InChI is InChI=1S/C15H22N2O3S/c1-11-9-13-14(20-8-7-17(13)2)10-15(11)21(18,19)16-12-5-3-4-6-12/h9-10,12,16H,3-8H2,1-2H3. The second kappa shape index (κ2) is 5.50. The Kier molecular flexibility index (Phi) is 3.84. The summed E-state index contributed by atoms with van der Waals surface area (Å²) in [5, 5.41) is 0. The molecule has 0 saturated heterocycles. The number of ether oxygens (including phenoxy) is 1. The number of nitrogens with zero attached hydrogens (tertiary/aromatic N) is 1. The van der Waals surface area contributed by atoms with E-state index in [2.05, 4.69) is 9.62 Å². The summed E-state index contributed by atoms with van der Waals surface area (Å²) in [4.78, 5) is 2.43. The largest absolute Gasteiger partial charge is 0.490 e. The van der Waals surface area contributed by atoms with Crippen molar-refractivity contribution in [3.8, 4) is 5.75 Å². The summed E-state index contributed by atoms with van der Waals surface area (Å²) in [5.74, 6) is 0.654. The van der Waals surface area contributed by atoms with Crippen LogP contribution in [0.4, 0.5) is 5.69 Å². The summed E-state index contributed by atoms with van der Waals surface area (Å²) in [6, 6.07) is 3.64. The molecule has 0 atom stereocenters. The third-order valence-electron chi connectivity index (χ3n) is 4.32. The number of fused-ring (bicyclic) bond motifs is 1. The molecule has 0 unspecified atom stereocenters. The van der Waals surface area contributed by atoms with Crippen LogP contribution in [0, 0.1) is 6.92 Å². The Hall–Kier alpha value is -1.27. The zero-order valence-corrected chi connectivity index (χ0v) is 13.4. The smallest absolute Gasteiger partial charge is 0.241 e. The minimum atomic E-state index is -3.47. The number of nitrogens with one attached hydrogen (secondary N) is 1. The lowest BCUT2D eigenvalue weighted by Gasteiger charge is -2.28. The van der Waals surface area contributed by atoms with Crippen LogP contribution in [0.15, 0.2) is 17.0 Å². The molecule has 1 aromatic carbocycles. The Morgan fingerprint density at radius 1 is 1.29 bits per heavy atom. The Morgan fingerprint density at radius 3 is 2.71 bits per heavy atom. The third-order valence-corrected chi connectivity index (χ3v) is 5.98. The van der Waals surface area contributed by atoms with Crippen molar-refractivity contribution in [1.82, 2.24) is 4.72 Å². The maximum atomic E-state index is 12.6. The van der Waals surface area contributed by atoms with Crippen molar-refractivity contribution >= 4 is 15.7 Å². The van der Waals surface area contributed by atoms with Crippen LogP contribution in [0.5, 0.6) is 5.75 Å². The fourth-order valence-corrected chi connectivity index (χ4v) is 4.64. The minimum absolute atomic E-state index is 0.0778. The van der Waals surface area contributed by atoms with Crippen molar-refractivity contribution < 1.29 is 13.2 Å². The van der Waals surface area contributed by atoms with Gasteiger partial charge < -0.3 is 9.64 Å². The van der Waals surface area contributed by atoms with Crippen LogP contribution in [0.25, 0.3) is 0 Å². The molecule has 1 saturated carbocycles. The van der Waals surface area contributed by atoms with Gasteiger partial charge in [-0.05, 0) is 31.4 Å². The highest BCUT2D eigenvalue weighted by atomic mass is 32.2. The second-order valence-electron chi connectivity index (χ2n) is 5.96. The normalized spacial score (nSPS) is 19.4. The molecule has 1 fully saturated rings. The second-order valence-corrected chi connectivity index (χ2v) is 7.64. The van der Waals surface area contributed by atoms with Gasteiger partial charge in [0.1, 0.15) is 12.4 Å². The zero-order chi connectivity index (χ0) is 15.0. The summed E-state index contributed by atoms with van der Waals surface area (Å²) in [6.45, 7) is 3.24. The van der Waals surface area contributed by atoms with Crippen LogP contribution in [0.1, 0.15) is 31.2 Å². The van der Waals surface area contributed by atoms with E-state index in [1.165, 1.54) is 0 Å². The van der Waals surface area contributed by atoms with Gasteiger partial charge in [0.2, 0.25) is 10.0 Å². The van der Waals surface area contributed by atoms with Gasteiger partial charge in [0, 0.05) is 19.2 Å². The van der Waals surface area contributed by atoms with Crippen molar-refractivity contribution in [2.75, 3.05) is 25.1 Å². The van der Waals surface area contributed by atoms with E-state index in [0.29, 0.717) is 17.3 Å². The molecule has 0 spiro atoms. The molecule has 116 valence electrons. The molecule has 6 heteroatoms. The number of anilines is 1. The third kappa shape index (κ3) is 2.87. The van der Waals surface area contributed by atoms with E-state index in [1.54, 1.807) is 6.07 Å². The van der Waals surface area contributed by atoms with Crippen LogP contribution in [0.3, 0.4) is 0 Å². The topological polar surface area (TPSA) is 58.6 Å².